The van der Waals surface area contributed by atoms with Crippen molar-refractivity contribution < 1.29 is 4.74 Å². The zero-order valence-corrected chi connectivity index (χ0v) is 18.6. The zero-order valence-electron chi connectivity index (χ0n) is 17.9. The van der Waals surface area contributed by atoms with Crippen LogP contribution in [0.3, 0.4) is 0 Å². The molecule has 1 saturated heterocycles. The molecule has 3 aromatic rings. The molecule has 0 saturated carbocycles. The van der Waals surface area contributed by atoms with Gasteiger partial charge in [0.05, 0.1) is 12.8 Å². The Balaban J connectivity index is 1.26. The van der Waals surface area contributed by atoms with Crippen LogP contribution >= 0.6 is 11.6 Å². The van der Waals surface area contributed by atoms with E-state index in [0.29, 0.717) is 11.1 Å². The van der Waals surface area contributed by atoms with Crippen molar-refractivity contribution in [1.29, 1.82) is 0 Å². The van der Waals surface area contributed by atoms with Crippen LogP contribution in [0.2, 0.25) is 5.02 Å². The van der Waals surface area contributed by atoms with Gasteiger partial charge in [-0.25, -0.2) is 0 Å². The van der Waals surface area contributed by atoms with Crippen LogP contribution in [0.25, 0.3) is 5.65 Å². The summed E-state index contributed by atoms with van der Waals surface area (Å²) in [5.74, 6) is 2.63. The van der Waals surface area contributed by atoms with E-state index in [1.54, 1.807) is 14.2 Å². The van der Waals surface area contributed by atoms with Gasteiger partial charge in [-0.05, 0) is 43.2 Å². The molecule has 1 aliphatic heterocycles. The Hall–Kier alpha value is -3.00. The van der Waals surface area contributed by atoms with E-state index in [1.807, 2.05) is 47.0 Å². The number of methoxy groups -OCH3 is 1. The van der Waals surface area contributed by atoms with Crippen LogP contribution in [-0.4, -0.2) is 60.4 Å². The lowest BCUT2D eigenvalue weighted by Crippen LogP contribution is -2.45. The van der Waals surface area contributed by atoms with Crippen molar-refractivity contribution >= 4 is 28.9 Å². The minimum Gasteiger partial charge on any atom is -0.495 e. The van der Waals surface area contributed by atoms with Gasteiger partial charge in [-0.1, -0.05) is 17.7 Å². The molecule has 9 heteroatoms. The molecule has 0 spiro atoms. The number of fused-ring (bicyclic) bond motifs is 1. The summed E-state index contributed by atoms with van der Waals surface area (Å²) in [7, 11) is 3.49. The maximum atomic E-state index is 6.20. The van der Waals surface area contributed by atoms with E-state index in [4.69, 9.17) is 16.3 Å². The van der Waals surface area contributed by atoms with E-state index < -0.39 is 0 Å². The number of pyridine rings is 1. The van der Waals surface area contributed by atoms with Gasteiger partial charge >= 0.3 is 0 Å². The lowest BCUT2D eigenvalue weighted by atomic mass is 10.2. The third-order valence-corrected chi connectivity index (χ3v) is 5.72. The van der Waals surface area contributed by atoms with Gasteiger partial charge in [0.2, 0.25) is 0 Å². The first-order valence-electron chi connectivity index (χ1n) is 10.5. The minimum absolute atomic E-state index is 0.301. The predicted octanol–water partition coefficient (Wildman–Crippen LogP) is 2.77. The van der Waals surface area contributed by atoms with E-state index >= 15 is 0 Å². The monoisotopic (exact) mass is 441 g/mol. The molecule has 31 heavy (non-hydrogen) atoms. The summed E-state index contributed by atoms with van der Waals surface area (Å²) < 4.78 is 7.54. The highest BCUT2D eigenvalue weighted by molar-refractivity contribution is 6.30. The van der Waals surface area contributed by atoms with E-state index in [2.05, 4.69) is 30.7 Å². The number of nitrogens with one attached hydrogen (secondary N) is 2. The predicted molar refractivity (Wildman–Crippen MR) is 124 cm³/mol. The first-order valence-corrected chi connectivity index (χ1v) is 10.9. The number of nitrogens with zero attached hydrogens (tertiary/aromatic N) is 5. The number of aromatic nitrogens is 3. The molecule has 0 radical (unpaired) electrons. The molecule has 0 aliphatic carbocycles. The molecule has 1 aromatic carbocycles. The number of halogens is 1. The summed E-state index contributed by atoms with van der Waals surface area (Å²) >= 11 is 6.20. The van der Waals surface area contributed by atoms with E-state index in [1.165, 1.54) is 0 Å². The molecule has 2 N–H and O–H groups in total. The molecule has 1 fully saturated rings. The molecular weight excluding hydrogens is 414 g/mol. The Morgan fingerprint density at radius 1 is 1.29 bits per heavy atom. The summed E-state index contributed by atoms with van der Waals surface area (Å²) in [6, 6.07) is 12.0. The molecule has 4 rings (SSSR count). The number of aliphatic imine (C=N–C) groups is 1. The van der Waals surface area contributed by atoms with Gasteiger partial charge in [0, 0.05) is 50.4 Å². The van der Waals surface area contributed by atoms with Crippen LogP contribution in [0, 0.1) is 0 Å². The van der Waals surface area contributed by atoms with Crippen molar-refractivity contribution in [3.05, 3.63) is 53.4 Å². The van der Waals surface area contributed by atoms with Gasteiger partial charge in [0.1, 0.15) is 11.6 Å². The molecule has 1 unspecified atom stereocenters. The summed E-state index contributed by atoms with van der Waals surface area (Å²) in [4.78, 5) is 6.68. The van der Waals surface area contributed by atoms with Gasteiger partial charge in [-0.2, -0.15) is 0 Å². The topological polar surface area (TPSA) is 79.1 Å². The smallest absolute Gasteiger partial charge is 0.191 e. The second kappa shape index (κ2) is 9.87. The minimum atomic E-state index is 0.301. The lowest BCUT2D eigenvalue weighted by Gasteiger charge is -2.22. The Bertz CT molecular complexity index is 1050. The van der Waals surface area contributed by atoms with E-state index in [-0.39, 0.29) is 0 Å². The highest BCUT2D eigenvalue weighted by Crippen LogP contribution is 2.33. The van der Waals surface area contributed by atoms with Crippen LogP contribution in [0.1, 0.15) is 18.7 Å². The number of ether oxygens (including phenoxy) is 1. The number of benzene rings is 1. The maximum absolute atomic E-state index is 6.20. The highest BCUT2D eigenvalue weighted by atomic mass is 35.5. The lowest BCUT2D eigenvalue weighted by molar-refractivity contribution is 0.415. The molecule has 0 bridgehead atoms. The quantitative estimate of drug-likeness (QED) is 0.333. The number of anilines is 1. The van der Waals surface area contributed by atoms with Gasteiger partial charge in [0.25, 0.3) is 0 Å². The van der Waals surface area contributed by atoms with Gasteiger partial charge in [0.15, 0.2) is 11.6 Å². The average Bonchev–Trinajstić information content (AvgIpc) is 3.43. The van der Waals surface area contributed by atoms with Crippen molar-refractivity contribution in [3.8, 4) is 5.75 Å². The number of hydrogen-bond donors (Lipinski definition) is 2. The number of guanidine groups is 1. The second-order valence-electron chi connectivity index (χ2n) is 7.54. The second-order valence-corrected chi connectivity index (χ2v) is 7.98. The molecule has 164 valence electrons. The normalized spacial score (nSPS) is 16.7. The Morgan fingerprint density at radius 2 is 2.19 bits per heavy atom. The largest absolute Gasteiger partial charge is 0.495 e. The van der Waals surface area contributed by atoms with Gasteiger partial charge in [-0.3, -0.25) is 9.39 Å². The molecule has 3 heterocycles. The Kier molecular flexibility index (Phi) is 6.76. The molecule has 1 aliphatic rings. The fourth-order valence-electron chi connectivity index (χ4n) is 3.91. The molecule has 2 aromatic heterocycles. The van der Waals surface area contributed by atoms with Gasteiger partial charge in [-0.15, -0.1) is 10.2 Å². The summed E-state index contributed by atoms with van der Waals surface area (Å²) in [5, 5.41) is 16.1. The van der Waals surface area contributed by atoms with Crippen molar-refractivity contribution in [1.82, 2.24) is 25.2 Å². The first kappa shape index (κ1) is 21.2. The number of hydrogen-bond acceptors (Lipinski definition) is 5. The summed E-state index contributed by atoms with van der Waals surface area (Å²) in [5.41, 5.74) is 1.91. The fourth-order valence-corrected chi connectivity index (χ4v) is 4.08. The number of aryl methyl sites for hydroxylation is 1. The van der Waals surface area contributed by atoms with Crippen LogP contribution in [0.5, 0.6) is 5.75 Å². The Morgan fingerprint density at radius 3 is 3.03 bits per heavy atom. The molecular formula is C22H28ClN7O. The van der Waals surface area contributed by atoms with Crippen molar-refractivity contribution in [2.24, 2.45) is 4.99 Å². The summed E-state index contributed by atoms with van der Waals surface area (Å²) in [6.07, 6.45) is 4.80. The highest BCUT2D eigenvalue weighted by Gasteiger charge is 2.25. The Labute approximate surface area is 187 Å². The van der Waals surface area contributed by atoms with Crippen LogP contribution in [0.4, 0.5) is 5.69 Å². The standard InChI is InChI=1S/C22H28ClN7O/c1-24-22(25-11-5-7-21-28-27-20-6-3-4-12-30(20)21)26-17-10-13-29(15-17)18-14-16(23)8-9-19(18)31-2/h3-4,6,8-9,12,14,17H,5,7,10-11,13,15H2,1-2H3,(H2,24,25,26). The molecule has 8 nitrogen and oxygen atoms in total. The first-order chi connectivity index (χ1) is 15.2. The van der Waals surface area contributed by atoms with Crippen molar-refractivity contribution in [3.63, 3.8) is 0 Å². The van der Waals surface area contributed by atoms with Crippen LogP contribution < -0.4 is 20.3 Å². The van der Waals surface area contributed by atoms with E-state index in [9.17, 15) is 0 Å². The zero-order chi connectivity index (χ0) is 21.6. The van der Waals surface area contributed by atoms with Crippen LogP contribution in [-0.2, 0) is 6.42 Å². The molecule has 0 amide bonds. The van der Waals surface area contributed by atoms with Crippen molar-refractivity contribution in [2.75, 3.05) is 38.7 Å². The van der Waals surface area contributed by atoms with E-state index in [0.717, 1.165) is 67.8 Å². The average molecular weight is 442 g/mol. The third kappa shape index (κ3) is 5.02. The summed E-state index contributed by atoms with van der Waals surface area (Å²) in [6.45, 7) is 2.61. The fraction of sp³-hybridized carbons (Fsp3) is 0.409. The van der Waals surface area contributed by atoms with Gasteiger partial charge < -0.3 is 20.3 Å². The maximum Gasteiger partial charge on any atom is 0.191 e. The SMILES string of the molecule is CN=C(NCCCc1nnc2ccccn12)NC1CCN(c2cc(Cl)ccc2OC)C1. The van der Waals surface area contributed by atoms with Crippen LogP contribution in [0.15, 0.2) is 47.6 Å². The van der Waals surface area contributed by atoms with Crippen molar-refractivity contribution in [2.45, 2.75) is 25.3 Å². The third-order valence-electron chi connectivity index (χ3n) is 5.49. The number of rotatable bonds is 7. The molecule has 1 atom stereocenters.